The molecule has 2 atom stereocenters. The first kappa shape index (κ1) is 14.9. The Labute approximate surface area is 125 Å². The molecule has 2 unspecified atom stereocenters. The first-order chi connectivity index (χ1) is 10.1. The standard InChI is InChI=1S/C17H23FO3/c1-12-10-14(18)2-3-15(12)16(19)13-4-7-21-17(11-13)5-8-20-9-6-17/h2-3,10,13,16,19H,4-9,11H2,1H3. The highest BCUT2D eigenvalue weighted by molar-refractivity contribution is 5.29. The van der Waals surface area contributed by atoms with E-state index in [1.807, 2.05) is 6.92 Å². The molecule has 2 fully saturated rings. The Balaban J connectivity index is 1.76. The van der Waals surface area contributed by atoms with E-state index in [9.17, 15) is 9.50 Å². The minimum atomic E-state index is -0.547. The number of aliphatic hydroxyl groups excluding tert-OH is 1. The maximum absolute atomic E-state index is 13.2. The SMILES string of the molecule is Cc1cc(F)ccc1C(O)C1CCOC2(CCOCC2)C1. The predicted octanol–water partition coefficient (Wildman–Crippen LogP) is 3.14. The van der Waals surface area contributed by atoms with Crippen molar-refractivity contribution >= 4 is 0 Å². The molecule has 3 nitrogen and oxygen atoms in total. The lowest BCUT2D eigenvalue weighted by molar-refractivity contribution is -0.159. The van der Waals surface area contributed by atoms with Gasteiger partial charge in [0.05, 0.1) is 11.7 Å². The monoisotopic (exact) mass is 294 g/mol. The lowest BCUT2D eigenvalue weighted by Crippen LogP contribution is -2.45. The van der Waals surface area contributed by atoms with Crippen LogP contribution >= 0.6 is 0 Å². The maximum Gasteiger partial charge on any atom is 0.123 e. The molecule has 2 aliphatic heterocycles. The molecule has 3 rings (SSSR count). The van der Waals surface area contributed by atoms with Crippen molar-refractivity contribution in [2.45, 2.75) is 44.3 Å². The molecule has 0 saturated carbocycles. The quantitative estimate of drug-likeness (QED) is 0.910. The summed E-state index contributed by atoms with van der Waals surface area (Å²) in [6.45, 7) is 4.00. The van der Waals surface area contributed by atoms with Gasteiger partial charge in [-0.3, -0.25) is 0 Å². The van der Waals surface area contributed by atoms with Crippen LogP contribution in [0.15, 0.2) is 18.2 Å². The summed E-state index contributed by atoms with van der Waals surface area (Å²) in [5.41, 5.74) is 1.52. The Morgan fingerprint density at radius 3 is 2.76 bits per heavy atom. The molecule has 2 heterocycles. The van der Waals surface area contributed by atoms with Gasteiger partial charge >= 0.3 is 0 Å². The van der Waals surface area contributed by atoms with Gasteiger partial charge in [0, 0.05) is 19.8 Å². The van der Waals surface area contributed by atoms with Crippen molar-refractivity contribution in [2.24, 2.45) is 5.92 Å². The lowest BCUT2D eigenvalue weighted by Gasteiger charge is -2.44. The van der Waals surface area contributed by atoms with Crippen LogP contribution in [0.5, 0.6) is 0 Å². The summed E-state index contributed by atoms with van der Waals surface area (Å²) < 4.78 is 24.7. The van der Waals surface area contributed by atoms with Gasteiger partial charge in [-0.25, -0.2) is 4.39 Å². The molecule has 2 saturated heterocycles. The van der Waals surface area contributed by atoms with E-state index < -0.39 is 6.10 Å². The second-order valence-electron chi connectivity index (χ2n) is 6.34. The van der Waals surface area contributed by atoms with Gasteiger partial charge in [-0.05, 0) is 61.8 Å². The summed E-state index contributed by atoms with van der Waals surface area (Å²) in [6, 6.07) is 4.62. The van der Waals surface area contributed by atoms with Gasteiger partial charge in [0.25, 0.3) is 0 Å². The molecule has 0 aliphatic carbocycles. The molecule has 116 valence electrons. The molecule has 1 aromatic rings. The molecular weight excluding hydrogens is 271 g/mol. The number of rotatable bonds is 2. The summed E-state index contributed by atoms with van der Waals surface area (Å²) in [7, 11) is 0. The molecule has 21 heavy (non-hydrogen) atoms. The Morgan fingerprint density at radius 1 is 1.29 bits per heavy atom. The summed E-state index contributed by atoms with van der Waals surface area (Å²) in [5.74, 6) is -0.0858. The van der Waals surface area contributed by atoms with Crippen molar-refractivity contribution in [3.05, 3.63) is 35.1 Å². The van der Waals surface area contributed by atoms with Crippen LogP contribution in [0.25, 0.3) is 0 Å². The summed E-state index contributed by atoms with van der Waals surface area (Å²) >= 11 is 0. The highest BCUT2D eigenvalue weighted by atomic mass is 19.1. The molecule has 0 aromatic heterocycles. The molecule has 1 spiro atoms. The fourth-order valence-electron chi connectivity index (χ4n) is 3.65. The number of ether oxygens (including phenoxy) is 2. The zero-order valence-electron chi connectivity index (χ0n) is 12.5. The van der Waals surface area contributed by atoms with E-state index >= 15 is 0 Å². The molecule has 1 N–H and O–H groups in total. The summed E-state index contributed by atoms with van der Waals surface area (Å²) in [5, 5.41) is 10.7. The van der Waals surface area contributed by atoms with Gasteiger partial charge in [-0.1, -0.05) is 6.07 Å². The average molecular weight is 294 g/mol. The van der Waals surface area contributed by atoms with Gasteiger partial charge in [0.2, 0.25) is 0 Å². The van der Waals surface area contributed by atoms with Crippen LogP contribution in [0.1, 0.15) is 42.9 Å². The molecule has 2 aliphatic rings. The van der Waals surface area contributed by atoms with Gasteiger partial charge in [-0.15, -0.1) is 0 Å². The number of halogens is 1. The minimum Gasteiger partial charge on any atom is -0.388 e. The van der Waals surface area contributed by atoms with Crippen molar-refractivity contribution in [1.82, 2.24) is 0 Å². The molecule has 0 radical (unpaired) electrons. The van der Waals surface area contributed by atoms with Crippen molar-refractivity contribution in [1.29, 1.82) is 0 Å². The van der Waals surface area contributed by atoms with Crippen LogP contribution in [0, 0.1) is 18.7 Å². The average Bonchev–Trinajstić information content (AvgIpc) is 2.47. The highest BCUT2D eigenvalue weighted by Gasteiger charge is 2.41. The molecular formula is C17H23FO3. The summed E-state index contributed by atoms with van der Waals surface area (Å²) in [4.78, 5) is 0. The van der Waals surface area contributed by atoms with Crippen LogP contribution in [0.3, 0.4) is 0 Å². The largest absolute Gasteiger partial charge is 0.388 e. The van der Waals surface area contributed by atoms with E-state index in [2.05, 4.69) is 0 Å². The topological polar surface area (TPSA) is 38.7 Å². The number of aliphatic hydroxyl groups is 1. The minimum absolute atomic E-state index is 0.129. The van der Waals surface area contributed by atoms with Gasteiger partial charge in [-0.2, -0.15) is 0 Å². The van der Waals surface area contributed by atoms with Crippen LogP contribution < -0.4 is 0 Å². The van der Waals surface area contributed by atoms with E-state index in [0.29, 0.717) is 6.61 Å². The zero-order chi connectivity index (χ0) is 14.9. The van der Waals surface area contributed by atoms with Crippen molar-refractivity contribution in [2.75, 3.05) is 19.8 Å². The fraction of sp³-hybridized carbons (Fsp3) is 0.647. The number of benzene rings is 1. The van der Waals surface area contributed by atoms with Crippen molar-refractivity contribution < 1.29 is 19.0 Å². The van der Waals surface area contributed by atoms with E-state index in [0.717, 1.165) is 50.0 Å². The first-order valence-corrected chi connectivity index (χ1v) is 7.75. The molecule has 0 bridgehead atoms. The number of aryl methyl sites for hydroxylation is 1. The second kappa shape index (κ2) is 6.03. The normalized spacial score (nSPS) is 26.7. The van der Waals surface area contributed by atoms with E-state index in [-0.39, 0.29) is 17.3 Å². The second-order valence-corrected chi connectivity index (χ2v) is 6.34. The maximum atomic E-state index is 13.2. The zero-order valence-corrected chi connectivity index (χ0v) is 12.5. The third kappa shape index (κ3) is 3.12. The van der Waals surface area contributed by atoms with Gasteiger partial charge in [0.1, 0.15) is 5.82 Å². The van der Waals surface area contributed by atoms with Crippen molar-refractivity contribution in [3.63, 3.8) is 0 Å². The van der Waals surface area contributed by atoms with Crippen LogP contribution in [0.4, 0.5) is 4.39 Å². The Kier molecular flexibility index (Phi) is 4.29. The number of hydrogen-bond acceptors (Lipinski definition) is 3. The predicted molar refractivity (Wildman–Crippen MR) is 77.6 cm³/mol. The Bertz CT molecular complexity index is 491. The lowest BCUT2D eigenvalue weighted by atomic mass is 9.77. The van der Waals surface area contributed by atoms with Crippen molar-refractivity contribution in [3.8, 4) is 0 Å². The molecule has 0 amide bonds. The molecule has 4 heteroatoms. The van der Waals surface area contributed by atoms with Crippen LogP contribution in [0.2, 0.25) is 0 Å². The van der Waals surface area contributed by atoms with Crippen LogP contribution in [-0.4, -0.2) is 30.5 Å². The van der Waals surface area contributed by atoms with E-state index in [1.165, 1.54) is 12.1 Å². The van der Waals surface area contributed by atoms with Gasteiger partial charge in [0.15, 0.2) is 0 Å². The van der Waals surface area contributed by atoms with E-state index in [4.69, 9.17) is 9.47 Å². The Hall–Kier alpha value is -0.970. The van der Waals surface area contributed by atoms with Crippen LogP contribution in [-0.2, 0) is 9.47 Å². The van der Waals surface area contributed by atoms with Gasteiger partial charge < -0.3 is 14.6 Å². The third-order valence-corrected chi connectivity index (χ3v) is 4.93. The Morgan fingerprint density at radius 2 is 2.05 bits per heavy atom. The first-order valence-electron chi connectivity index (χ1n) is 7.75. The highest BCUT2D eigenvalue weighted by Crippen LogP contribution is 2.42. The smallest absolute Gasteiger partial charge is 0.123 e. The molecule has 1 aromatic carbocycles. The fourth-order valence-corrected chi connectivity index (χ4v) is 3.65. The summed E-state index contributed by atoms with van der Waals surface area (Å²) in [6.07, 6.45) is 2.96. The third-order valence-electron chi connectivity index (χ3n) is 4.93. The van der Waals surface area contributed by atoms with E-state index in [1.54, 1.807) is 6.07 Å². The number of hydrogen-bond donors (Lipinski definition) is 1.